The van der Waals surface area contributed by atoms with E-state index in [1.165, 1.54) is 12.1 Å². The lowest BCUT2D eigenvalue weighted by Crippen LogP contribution is -2.18. The maximum absolute atomic E-state index is 13.4. The van der Waals surface area contributed by atoms with E-state index in [-0.39, 0.29) is 29.4 Å². The molecule has 1 aliphatic heterocycles. The molecule has 106 valence electrons. The smallest absolute Gasteiger partial charge is 0.162 e. The molecule has 2 atom stereocenters. The molecule has 19 heavy (non-hydrogen) atoms. The van der Waals surface area contributed by atoms with Crippen molar-refractivity contribution in [3.8, 4) is 0 Å². The van der Waals surface area contributed by atoms with Gasteiger partial charge in [0.15, 0.2) is 21.5 Å². The number of hydrogen-bond acceptors (Lipinski definition) is 3. The van der Waals surface area contributed by atoms with E-state index in [0.717, 1.165) is 6.07 Å². The van der Waals surface area contributed by atoms with Gasteiger partial charge < -0.3 is 5.11 Å². The minimum absolute atomic E-state index is 0.000140. The highest BCUT2D eigenvalue weighted by molar-refractivity contribution is 7.91. The SMILES string of the molecule is O=S1(=O)CCC(CC(O)Cc2cccc(F)c2F)C1. The summed E-state index contributed by atoms with van der Waals surface area (Å²) in [5.74, 6) is -1.74. The van der Waals surface area contributed by atoms with Gasteiger partial charge in [-0.3, -0.25) is 0 Å². The van der Waals surface area contributed by atoms with Gasteiger partial charge in [0, 0.05) is 6.42 Å². The summed E-state index contributed by atoms with van der Waals surface area (Å²) in [5.41, 5.74) is 0.119. The van der Waals surface area contributed by atoms with Crippen molar-refractivity contribution in [3.63, 3.8) is 0 Å². The lowest BCUT2D eigenvalue weighted by atomic mass is 9.96. The summed E-state index contributed by atoms with van der Waals surface area (Å²) >= 11 is 0. The van der Waals surface area contributed by atoms with Crippen LogP contribution in [0.4, 0.5) is 8.78 Å². The van der Waals surface area contributed by atoms with Gasteiger partial charge in [-0.05, 0) is 30.4 Å². The van der Waals surface area contributed by atoms with Crippen LogP contribution in [0.15, 0.2) is 18.2 Å². The molecule has 0 saturated carbocycles. The first-order valence-corrected chi connectivity index (χ1v) is 8.01. The number of benzene rings is 1. The van der Waals surface area contributed by atoms with Gasteiger partial charge >= 0.3 is 0 Å². The molecule has 0 bridgehead atoms. The van der Waals surface area contributed by atoms with Crippen molar-refractivity contribution in [3.05, 3.63) is 35.4 Å². The zero-order valence-corrected chi connectivity index (χ0v) is 11.2. The molecule has 6 heteroatoms. The van der Waals surface area contributed by atoms with E-state index in [4.69, 9.17) is 0 Å². The van der Waals surface area contributed by atoms with Crippen LogP contribution in [-0.4, -0.2) is 31.1 Å². The Bertz CT molecular complexity index is 557. The van der Waals surface area contributed by atoms with Crippen molar-refractivity contribution in [2.24, 2.45) is 5.92 Å². The van der Waals surface area contributed by atoms with Crippen LogP contribution in [0.1, 0.15) is 18.4 Å². The molecule has 1 aromatic carbocycles. The molecular formula is C13H16F2O3S. The summed E-state index contributed by atoms with van der Waals surface area (Å²) in [6.07, 6.45) is -0.0185. The fourth-order valence-electron chi connectivity index (χ4n) is 2.49. The molecule has 0 aromatic heterocycles. The highest BCUT2D eigenvalue weighted by Gasteiger charge is 2.29. The van der Waals surface area contributed by atoms with Crippen LogP contribution in [-0.2, 0) is 16.3 Å². The van der Waals surface area contributed by atoms with Crippen LogP contribution in [0, 0.1) is 17.6 Å². The second kappa shape index (κ2) is 5.54. The number of sulfone groups is 1. The first-order chi connectivity index (χ1) is 8.87. The van der Waals surface area contributed by atoms with E-state index >= 15 is 0 Å². The van der Waals surface area contributed by atoms with Gasteiger partial charge in [0.25, 0.3) is 0 Å². The third kappa shape index (κ3) is 3.73. The summed E-state index contributed by atoms with van der Waals surface area (Å²) in [6.45, 7) is 0. The molecule has 1 saturated heterocycles. The lowest BCUT2D eigenvalue weighted by Gasteiger charge is -2.15. The highest BCUT2D eigenvalue weighted by atomic mass is 32.2. The summed E-state index contributed by atoms with van der Waals surface area (Å²) in [7, 11) is -2.97. The quantitative estimate of drug-likeness (QED) is 0.918. The van der Waals surface area contributed by atoms with Crippen LogP contribution in [0.25, 0.3) is 0 Å². The maximum atomic E-state index is 13.4. The second-order valence-corrected chi connectivity index (χ2v) is 7.30. The fourth-order valence-corrected chi connectivity index (χ4v) is 4.37. The van der Waals surface area contributed by atoms with Crippen LogP contribution >= 0.6 is 0 Å². The van der Waals surface area contributed by atoms with Gasteiger partial charge in [-0.25, -0.2) is 17.2 Å². The van der Waals surface area contributed by atoms with Crippen molar-refractivity contribution in [2.45, 2.75) is 25.4 Å². The number of aliphatic hydroxyl groups is 1. The van der Waals surface area contributed by atoms with Gasteiger partial charge in [-0.2, -0.15) is 0 Å². The Morgan fingerprint density at radius 3 is 2.74 bits per heavy atom. The number of rotatable bonds is 4. The molecule has 1 heterocycles. The fraction of sp³-hybridized carbons (Fsp3) is 0.538. The van der Waals surface area contributed by atoms with Gasteiger partial charge in [0.05, 0.1) is 17.6 Å². The molecule has 1 aliphatic rings. The molecule has 1 fully saturated rings. The molecule has 1 aromatic rings. The van der Waals surface area contributed by atoms with Crippen molar-refractivity contribution in [1.29, 1.82) is 0 Å². The van der Waals surface area contributed by atoms with Crippen molar-refractivity contribution >= 4 is 9.84 Å². The normalized spacial score (nSPS) is 23.4. The number of hydrogen-bond donors (Lipinski definition) is 1. The minimum Gasteiger partial charge on any atom is -0.393 e. The monoisotopic (exact) mass is 290 g/mol. The van der Waals surface area contributed by atoms with Gasteiger partial charge in [0.2, 0.25) is 0 Å². The highest BCUT2D eigenvalue weighted by Crippen LogP contribution is 2.24. The Hall–Kier alpha value is -1.01. The topological polar surface area (TPSA) is 54.4 Å². The molecular weight excluding hydrogens is 274 g/mol. The molecule has 3 nitrogen and oxygen atoms in total. The number of halogens is 2. The third-order valence-electron chi connectivity index (χ3n) is 3.42. The van der Waals surface area contributed by atoms with E-state index in [9.17, 15) is 22.3 Å². The minimum atomic E-state index is -2.97. The maximum Gasteiger partial charge on any atom is 0.162 e. The Morgan fingerprint density at radius 2 is 2.11 bits per heavy atom. The van der Waals surface area contributed by atoms with Crippen molar-refractivity contribution < 1.29 is 22.3 Å². The summed E-state index contributed by atoms with van der Waals surface area (Å²) in [5, 5.41) is 9.86. The van der Waals surface area contributed by atoms with Crippen molar-refractivity contribution in [1.82, 2.24) is 0 Å². The molecule has 0 amide bonds. The Balaban J connectivity index is 1.95. The third-order valence-corrected chi connectivity index (χ3v) is 5.26. The van der Waals surface area contributed by atoms with E-state index < -0.39 is 27.6 Å². The van der Waals surface area contributed by atoms with Crippen molar-refractivity contribution in [2.75, 3.05) is 11.5 Å². The number of aliphatic hydroxyl groups excluding tert-OH is 1. The Kier molecular flexibility index (Phi) is 4.20. The van der Waals surface area contributed by atoms with Gasteiger partial charge in [0.1, 0.15) is 0 Å². The first kappa shape index (κ1) is 14.4. The van der Waals surface area contributed by atoms with Gasteiger partial charge in [-0.1, -0.05) is 12.1 Å². The lowest BCUT2D eigenvalue weighted by molar-refractivity contribution is 0.145. The van der Waals surface area contributed by atoms with E-state index in [2.05, 4.69) is 0 Å². The average molecular weight is 290 g/mol. The largest absolute Gasteiger partial charge is 0.393 e. The first-order valence-electron chi connectivity index (χ1n) is 6.19. The predicted molar refractivity (Wildman–Crippen MR) is 67.4 cm³/mol. The van der Waals surface area contributed by atoms with Crippen LogP contribution in [0.5, 0.6) is 0 Å². The molecule has 2 rings (SSSR count). The van der Waals surface area contributed by atoms with Crippen LogP contribution in [0.3, 0.4) is 0 Å². The summed E-state index contributed by atoms with van der Waals surface area (Å²) in [6, 6.07) is 3.84. The van der Waals surface area contributed by atoms with Crippen LogP contribution < -0.4 is 0 Å². The van der Waals surface area contributed by atoms with E-state index in [1.54, 1.807) is 0 Å². The zero-order chi connectivity index (χ0) is 14.0. The predicted octanol–water partition coefficient (Wildman–Crippen LogP) is 1.69. The summed E-state index contributed by atoms with van der Waals surface area (Å²) < 4.78 is 49.0. The molecule has 1 N–H and O–H groups in total. The Morgan fingerprint density at radius 1 is 1.37 bits per heavy atom. The van der Waals surface area contributed by atoms with E-state index in [1.807, 2.05) is 0 Å². The second-order valence-electron chi connectivity index (χ2n) is 5.08. The molecule has 0 aliphatic carbocycles. The zero-order valence-electron chi connectivity index (χ0n) is 10.4. The standard InChI is InChI=1S/C13H16F2O3S/c14-12-3-1-2-10(13(12)15)7-11(16)6-9-4-5-19(17,18)8-9/h1-3,9,11,16H,4-8H2. The molecule has 0 spiro atoms. The molecule has 0 radical (unpaired) electrons. The van der Waals surface area contributed by atoms with Crippen LogP contribution in [0.2, 0.25) is 0 Å². The van der Waals surface area contributed by atoms with E-state index in [0.29, 0.717) is 12.8 Å². The summed E-state index contributed by atoms with van der Waals surface area (Å²) in [4.78, 5) is 0. The average Bonchev–Trinajstić information content (AvgIpc) is 2.64. The molecule has 2 unspecified atom stereocenters. The van der Waals surface area contributed by atoms with Gasteiger partial charge in [-0.15, -0.1) is 0 Å². The Labute approximate surface area is 111 Å².